The highest BCUT2D eigenvalue weighted by Crippen LogP contribution is 2.25. The molecule has 0 aliphatic carbocycles. The van der Waals surface area contributed by atoms with Crippen LogP contribution in [-0.4, -0.2) is 22.1 Å². The third kappa shape index (κ3) is 3.45. The number of amides is 1. The Hall–Kier alpha value is -2.96. The van der Waals surface area contributed by atoms with Crippen LogP contribution < -0.4 is 10.1 Å². The average molecular weight is 317 g/mol. The average Bonchev–Trinajstić information content (AvgIpc) is 2.92. The minimum absolute atomic E-state index is 0.0174. The van der Waals surface area contributed by atoms with E-state index in [1.165, 1.54) is 12.1 Å². The summed E-state index contributed by atoms with van der Waals surface area (Å²) >= 11 is 0. The lowest BCUT2D eigenvalue weighted by Crippen LogP contribution is -2.19. The van der Waals surface area contributed by atoms with E-state index < -0.39 is 6.61 Å². The van der Waals surface area contributed by atoms with E-state index in [4.69, 9.17) is 0 Å². The van der Waals surface area contributed by atoms with Gasteiger partial charge in [0.1, 0.15) is 12.3 Å². The normalized spacial score (nSPS) is 10.9. The molecular formula is C16H13F2N3O2. The fourth-order valence-electron chi connectivity index (χ4n) is 2.25. The Morgan fingerprint density at radius 2 is 1.91 bits per heavy atom. The zero-order valence-electron chi connectivity index (χ0n) is 11.9. The van der Waals surface area contributed by atoms with Gasteiger partial charge >= 0.3 is 6.61 Å². The molecule has 23 heavy (non-hydrogen) atoms. The molecule has 1 amide bonds. The molecule has 0 saturated heterocycles. The second-order valence-corrected chi connectivity index (χ2v) is 4.78. The van der Waals surface area contributed by atoms with Gasteiger partial charge in [0, 0.05) is 0 Å². The molecule has 0 aliphatic rings. The number of nitrogens with one attached hydrogen (secondary N) is 1. The number of imidazole rings is 1. The summed E-state index contributed by atoms with van der Waals surface area (Å²) in [6, 6.07) is 13.5. The monoisotopic (exact) mass is 317 g/mol. The summed E-state index contributed by atoms with van der Waals surface area (Å²) < 4.78 is 30.8. The number of carbonyl (C=O) groups excluding carboxylic acids is 1. The highest BCUT2D eigenvalue weighted by Gasteiger charge is 2.12. The van der Waals surface area contributed by atoms with Gasteiger partial charge < -0.3 is 14.6 Å². The molecule has 1 N–H and O–H groups in total. The van der Waals surface area contributed by atoms with E-state index in [1.54, 1.807) is 23.0 Å². The molecule has 1 heterocycles. The Labute approximate surface area is 130 Å². The number of halogens is 2. The van der Waals surface area contributed by atoms with Crippen molar-refractivity contribution in [3.05, 3.63) is 54.9 Å². The molecule has 3 rings (SSSR count). The van der Waals surface area contributed by atoms with Crippen LogP contribution in [0.1, 0.15) is 0 Å². The lowest BCUT2D eigenvalue weighted by Gasteiger charge is -2.12. The van der Waals surface area contributed by atoms with Gasteiger partial charge in [0.05, 0.1) is 23.0 Å². The fourth-order valence-corrected chi connectivity index (χ4v) is 2.25. The maximum Gasteiger partial charge on any atom is 0.387 e. The van der Waals surface area contributed by atoms with Crippen molar-refractivity contribution in [2.24, 2.45) is 0 Å². The third-order valence-electron chi connectivity index (χ3n) is 3.22. The first-order valence-corrected chi connectivity index (χ1v) is 6.87. The number of carbonyl (C=O) groups is 1. The van der Waals surface area contributed by atoms with Crippen LogP contribution in [0.4, 0.5) is 14.5 Å². The number of hydrogen-bond donors (Lipinski definition) is 1. The summed E-state index contributed by atoms with van der Waals surface area (Å²) in [5, 5.41) is 2.57. The van der Waals surface area contributed by atoms with Gasteiger partial charge in [-0.3, -0.25) is 4.79 Å². The Bertz CT molecular complexity index is 833. The standard InChI is InChI=1S/C16H13F2N3O2/c17-16(18)23-14-8-4-2-6-12(14)20-15(22)9-21-10-19-11-5-1-3-7-13(11)21/h1-8,10,16H,9H2,(H,20,22). The highest BCUT2D eigenvalue weighted by molar-refractivity contribution is 5.93. The molecule has 0 spiro atoms. The Morgan fingerprint density at radius 3 is 2.74 bits per heavy atom. The van der Waals surface area contributed by atoms with E-state index in [9.17, 15) is 13.6 Å². The second kappa shape index (κ2) is 6.43. The molecule has 0 saturated carbocycles. The summed E-state index contributed by atoms with van der Waals surface area (Å²) in [7, 11) is 0. The SMILES string of the molecule is O=C(Cn1cnc2ccccc21)Nc1ccccc1OC(F)F. The summed E-state index contributed by atoms with van der Waals surface area (Å²) in [6.45, 7) is -2.94. The van der Waals surface area contributed by atoms with Crippen molar-refractivity contribution in [2.45, 2.75) is 13.2 Å². The molecule has 2 aromatic carbocycles. The minimum Gasteiger partial charge on any atom is -0.433 e. The van der Waals surface area contributed by atoms with Crippen molar-refractivity contribution < 1.29 is 18.3 Å². The quantitative estimate of drug-likeness (QED) is 0.786. The van der Waals surface area contributed by atoms with Gasteiger partial charge in [0.25, 0.3) is 0 Å². The largest absolute Gasteiger partial charge is 0.433 e. The molecule has 5 nitrogen and oxygen atoms in total. The predicted molar refractivity (Wildman–Crippen MR) is 81.4 cm³/mol. The molecule has 118 valence electrons. The lowest BCUT2D eigenvalue weighted by atomic mass is 10.3. The first kappa shape index (κ1) is 15.0. The molecule has 7 heteroatoms. The smallest absolute Gasteiger partial charge is 0.387 e. The van der Waals surface area contributed by atoms with Gasteiger partial charge in [-0.25, -0.2) is 4.98 Å². The number of anilines is 1. The molecule has 0 atom stereocenters. The summed E-state index contributed by atoms with van der Waals surface area (Å²) in [6.07, 6.45) is 1.56. The number of rotatable bonds is 5. The van der Waals surface area contributed by atoms with Crippen molar-refractivity contribution >= 4 is 22.6 Å². The molecular weight excluding hydrogens is 304 g/mol. The van der Waals surface area contributed by atoms with Crippen LogP contribution in [0.15, 0.2) is 54.9 Å². The van der Waals surface area contributed by atoms with Crippen molar-refractivity contribution in [2.75, 3.05) is 5.32 Å². The molecule has 0 fully saturated rings. The van der Waals surface area contributed by atoms with E-state index in [2.05, 4.69) is 15.0 Å². The number of benzene rings is 2. The van der Waals surface area contributed by atoms with E-state index in [1.807, 2.05) is 24.3 Å². The van der Waals surface area contributed by atoms with Gasteiger partial charge in [-0.15, -0.1) is 0 Å². The number of hydrogen-bond acceptors (Lipinski definition) is 3. The maximum absolute atomic E-state index is 12.4. The Kier molecular flexibility index (Phi) is 4.18. The summed E-state index contributed by atoms with van der Waals surface area (Å²) in [5.41, 5.74) is 1.80. The number of alkyl halides is 2. The molecule has 0 aliphatic heterocycles. The maximum atomic E-state index is 12.4. The first-order chi connectivity index (χ1) is 11.1. The topological polar surface area (TPSA) is 56.2 Å². The van der Waals surface area contributed by atoms with Crippen LogP contribution in [0.25, 0.3) is 11.0 Å². The first-order valence-electron chi connectivity index (χ1n) is 6.87. The fraction of sp³-hybridized carbons (Fsp3) is 0.125. The number of para-hydroxylation sites is 4. The van der Waals surface area contributed by atoms with Gasteiger partial charge in [-0.05, 0) is 24.3 Å². The Balaban J connectivity index is 1.75. The zero-order valence-corrected chi connectivity index (χ0v) is 11.9. The number of fused-ring (bicyclic) bond motifs is 1. The predicted octanol–water partition coefficient (Wildman–Crippen LogP) is 3.28. The van der Waals surface area contributed by atoms with Gasteiger partial charge in [0.2, 0.25) is 5.91 Å². The van der Waals surface area contributed by atoms with E-state index >= 15 is 0 Å². The van der Waals surface area contributed by atoms with Gasteiger partial charge in [0.15, 0.2) is 0 Å². The van der Waals surface area contributed by atoms with Crippen molar-refractivity contribution in [3.8, 4) is 5.75 Å². The van der Waals surface area contributed by atoms with Crippen LogP contribution in [-0.2, 0) is 11.3 Å². The molecule has 0 unspecified atom stereocenters. The number of nitrogens with zero attached hydrogens (tertiary/aromatic N) is 2. The van der Waals surface area contributed by atoms with Gasteiger partial charge in [-0.1, -0.05) is 24.3 Å². The van der Waals surface area contributed by atoms with E-state index in [0.29, 0.717) is 0 Å². The molecule has 0 radical (unpaired) electrons. The summed E-state index contributed by atoms with van der Waals surface area (Å²) in [5.74, 6) is -0.440. The summed E-state index contributed by atoms with van der Waals surface area (Å²) in [4.78, 5) is 16.4. The van der Waals surface area contributed by atoms with Crippen molar-refractivity contribution in [1.29, 1.82) is 0 Å². The third-order valence-corrected chi connectivity index (χ3v) is 3.22. The molecule has 1 aromatic heterocycles. The zero-order chi connectivity index (χ0) is 16.2. The number of ether oxygens (including phenoxy) is 1. The van der Waals surface area contributed by atoms with Crippen LogP contribution >= 0.6 is 0 Å². The number of aromatic nitrogens is 2. The van der Waals surface area contributed by atoms with Crippen LogP contribution in [0.5, 0.6) is 5.75 Å². The Morgan fingerprint density at radius 1 is 1.17 bits per heavy atom. The second-order valence-electron chi connectivity index (χ2n) is 4.78. The van der Waals surface area contributed by atoms with Crippen LogP contribution in [0, 0.1) is 0 Å². The molecule has 3 aromatic rings. The van der Waals surface area contributed by atoms with Crippen LogP contribution in [0.3, 0.4) is 0 Å². The van der Waals surface area contributed by atoms with Gasteiger partial charge in [-0.2, -0.15) is 8.78 Å². The van der Waals surface area contributed by atoms with Crippen LogP contribution in [0.2, 0.25) is 0 Å². The van der Waals surface area contributed by atoms with Crippen molar-refractivity contribution in [1.82, 2.24) is 9.55 Å². The highest BCUT2D eigenvalue weighted by atomic mass is 19.3. The van der Waals surface area contributed by atoms with E-state index in [0.717, 1.165) is 11.0 Å². The minimum atomic E-state index is -2.95. The van der Waals surface area contributed by atoms with E-state index in [-0.39, 0.29) is 23.9 Å². The van der Waals surface area contributed by atoms with Crippen molar-refractivity contribution in [3.63, 3.8) is 0 Å². The lowest BCUT2D eigenvalue weighted by molar-refractivity contribution is -0.116. The molecule has 0 bridgehead atoms.